The molecule has 2 aromatic heterocycles. The van der Waals surface area contributed by atoms with Gasteiger partial charge in [0.15, 0.2) is 5.82 Å². The van der Waals surface area contributed by atoms with E-state index in [-0.39, 0.29) is 24.8 Å². The van der Waals surface area contributed by atoms with Gasteiger partial charge in [-0.1, -0.05) is 6.07 Å². The van der Waals surface area contributed by atoms with E-state index in [9.17, 15) is 18.0 Å². The summed E-state index contributed by atoms with van der Waals surface area (Å²) in [5.41, 5.74) is 1.16. The van der Waals surface area contributed by atoms with Gasteiger partial charge in [0.25, 0.3) is 0 Å². The van der Waals surface area contributed by atoms with Crippen molar-refractivity contribution in [3.8, 4) is 0 Å². The number of alkyl halides is 4. The fraction of sp³-hybridized carbons (Fsp3) is 0.692. The summed E-state index contributed by atoms with van der Waals surface area (Å²) in [6.07, 6.45) is -1.14. The molecule has 204 valence electrons. The quantitative estimate of drug-likeness (QED) is 0.532. The van der Waals surface area contributed by atoms with E-state index in [0.29, 0.717) is 56.6 Å². The average molecular weight is 525 g/mol. The van der Waals surface area contributed by atoms with Crippen LogP contribution in [-0.2, 0) is 37.5 Å². The Morgan fingerprint density at radius 3 is 2.57 bits per heavy atom. The van der Waals surface area contributed by atoms with Crippen LogP contribution in [0, 0.1) is 6.92 Å². The molecule has 3 heterocycles. The largest absolute Gasteiger partial charge is 0.389 e. The van der Waals surface area contributed by atoms with Gasteiger partial charge in [0.1, 0.15) is 11.5 Å². The van der Waals surface area contributed by atoms with Crippen molar-refractivity contribution in [1.29, 1.82) is 0 Å². The van der Waals surface area contributed by atoms with Crippen LogP contribution in [0.3, 0.4) is 0 Å². The molecule has 1 amide bonds. The molecule has 11 heteroatoms. The van der Waals surface area contributed by atoms with Crippen molar-refractivity contribution in [1.82, 2.24) is 30.0 Å². The lowest BCUT2D eigenvalue weighted by Crippen LogP contribution is -2.43. The molecule has 1 N–H and O–H groups in total. The Hall–Kier alpha value is -2.56. The molecule has 37 heavy (non-hydrogen) atoms. The van der Waals surface area contributed by atoms with E-state index >= 15 is 4.39 Å². The maximum Gasteiger partial charge on any atom is 0.389 e. The van der Waals surface area contributed by atoms with Crippen LogP contribution in [0.2, 0.25) is 0 Å². The second-order valence-electron chi connectivity index (χ2n) is 10.5. The number of aryl methyl sites for hydroxylation is 3. The highest BCUT2D eigenvalue weighted by molar-refractivity contribution is 5.78. The third kappa shape index (κ3) is 7.96. The van der Waals surface area contributed by atoms with E-state index in [1.54, 1.807) is 17.8 Å². The Kier molecular flexibility index (Phi) is 8.50. The number of carbonyl (C=O) groups excluding carboxylic acids is 1. The molecule has 0 bridgehead atoms. The first-order chi connectivity index (χ1) is 17.5. The van der Waals surface area contributed by atoms with Crippen molar-refractivity contribution >= 4 is 5.91 Å². The number of halogens is 4. The molecule has 0 saturated heterocycles. The number of fused-ring (bicyclic) bond motifs is 1. The number of hydrogen-bond acceptors (Lipinski definition) is 5. The Labute approximate surface area is 215 Å². The Morgan fingerprint density at radius 1 is 1.16 bits per heavy atom. The molecule has 0 atom stereocenters. The summed E-state index contributed by atoms with van der Waals surface area (Å²) in [7, 11) is 1.78. The molecule has 1 fully saturated rings. The van der Waals surface area contributed by atoms with Gasteiger partial charge >= 0.3 is 6.18 Å². The standard InChI is InChI=1S/C26H36F4N6O/c1-18-31-23(34-35(18)2)17-24(37)33-21-5-10-25(27,11-6-21)13-16-36-14-8-19-3-4-20(7-12-26(28,29)30)32-22(19)9-15-36/h3-4,21H,5-17H2,1-2H3,(H,33,37). The topological polar surface area (TPSA) is 75.9 Å². The van der Waals surface area contributed by atoms with Crippen LogP contribution >= 0.6 is 0 Å². The monoisotopic (exact) mass is 524 g/mol. The van der Waals surface area contributed by atoms with Gasteiger partial charge in [0.05, 0.1) is 6.42 Å². The number of amides is 1. The van der Waals surface area contributed by atoms with Gasteiger partial charge in [-0.2, -0.15) is 18.3 Å². The molecule has 1 saturated carbocycles. The minimum Gasteiger partial charge on any atom is -0.353 e. The minimum atomic E-state index is -4.19. The molecule has 0 aromatic carbocycles. The highest BCUT2D eigenvalue weighted by Gasteiger charge is 2.36. The summed E-state index contributed by atoms with van der Waals surface area (Å²) in [6, 6.07) is 3.56. The second kappa shape index (κ2) is 11.4. The van der Waals surface area contributed by atoms with Gasteiger partial charge in [-0.3, -0.25) is 14.5 Å². The summed E-state index contributed by atoms with van der Waals surface area (Å²) in [6.45, 7) is 3.97. The molecular formula is C26H36F4N6O. The first kappa shape index (κ1) is 27.5. The van der Waals surface area contributed by atoms with Gasteiger partial charge in [-0.15, -0.1) is 0 Å². The van der Waals surface area contributed by atoms with E-state index in [0.717, 1.165) is 36.6 Å². The summed E-state index contributed by atoms with van der Waals surface area (Å²) in [4.78, 5) is 23.3. The molecular weight excluding hydrogens is 488 g/mol. The van der Waals surface area contributed by atoms with Crippen LogP contribution in [0.25, 0.3) is 0 Å². The maximum absolute atomic E-state index is 15.6. The van der Waals surface area contributed by atoms with Crippen molar-refractivity contribution in [2.75, 3.05) is 19.6 Å². The van der Waals surface area contributed by atoms with Crippen molar-refractivity contribution in [3.63, 3.8) is 0 Å². The van der Waals surface area contributed by atoms with E-state index in [1.165, 1.54) is 0 Å². The first-order valence-corrected chi connectivity index (χ1v) is 13.1. The van der Waals surface area contributed by atoms with E-state index in [4.69, 9.17) is 0 Å². The normalized spacial score (nSPS) is 22.9. The lowest BCUT2D eigenvalue weighted by molar-refractivity contribution is -0.134. The van der Waals surface area contributed by atoms with Crippen molar-refractivity contribution in [3.05, 3.63) is 40.7 Å². The second-order valence-corrected chi connectivity index (χ2v) is 10.5. The molecule has 0 spiro atoms. The van der Waals surface area contributed by atoms with Gasteiger partial charge in [0, 0.05) is 57.0 Å². The first-order valence-electron chi connectivity index (χ1n) is 13.1. The van der Waals surface area contributed by atoms with E-state index < -0.39 is 18.3 Å². The fourth-order valence-corrected chi connectivity index (χ4v) is 5.22. The average Bonchev–Trinajstić information content (AvgIpc) is 3.02. The van der Waals surface area contributed by atoms with Crippen molar-refractivity contribution in [2.24, 2.45) is 7.05 Å². The predicted octanol–water partition coefficient (Wildman–Crippen LogP) is 3.81. The molecule has 1 aliphatic carbocycles. The fourth-order valence-electron chi connectivity index (χ4n) is 5.22. The van der Waals surface area contributed by atoms with Crippen molar-refractivity contribution < 1.29 is 22.4 Å². The maximum atomic E-state index is 15.6. The number of hydrogen-bond donors (Lipinski definition) is 1. The van der Waals surface area contributed by atoms with Crippen LogP contribution in [0.4, 0.5) is 17.6 Å². The molecule has 2 aromatic rings. The SMILES string of the molecule is Cc1nc(CC(=O)NC2CCC(F)(CCN3CCc4ccc(CCC(F)(F)F)nc4CC3)CC2)nn1C. The summed E-state index contributed by atoms with van der Waals surface area (Å²) >= 11 is 0. The zero-order chi connectivity index (χ0) is 26.6. The van der Waals surface area contributed by atoms with E-state index in [1.807, 2.05) is 13.0 Å². The Morgan fingerprint density at radius 2 is 1.89 bits per heavy atom. The number of nitrogens with zero attached hydrogens (tertiary/aromatic N) is 5. The number of nitrogens with one attached hydrogen (secondary N) is 1. The van der Waals surface area contributed by atoms with Crippen LogP contribution in [0.1, 0.15) is 67.1 Å². The molecule has 4 rings (SSSR count). The third-order valence-corrected chi connectivity index (χ3v) is 7.62. The Bertz CT molecular complexity index is 1060. The predicted molar refractivity (Wildman–Crippen MR) is 131 cm³/mol. The van der Waals surface area contributed by atoms with Gasteiger partial charge in [-0.05, 0) is 63.5 Å². The van der Waals surface area contributed by atoms with Crippen LogP contribution in [-0.4, -0.2) is 68.1 Å². The van der Waals surface area contributed by atoms with Crippen LogP contribution < -0.4 is 5.32 Å². The third-order valence-electron chi connectivity index (χ3n) is 7.62. The van der Waals surface area contributed by atoms with Crippen LogP contribution in [0.5, 0.6) is 0 Å². The number of rotatable bonds is 8. The van der Waals surface area contributed by atoms with Crippen molar-refractivity contribution in [2.45, 2.75) is 89.0 Å². The lowest BCUT2D eigenvalue weighted by atomic mass is 9.81. The summed E-state index contributed by atoms with van der Waals surface area (Å²) in [5, 5.41) is 7.22. The molecule has 2 aliphatic rings. The number of pyridine rings is 1. The Balaban J connectivity index is 1.19. The molecule has 7 nitrogen and oxygen atoms in total. The molecule has 0 unspecified atom stereocenters. The van der Waals surface area contributed by atoms with E-state index in [2.05, 4.69) is 25.3 Å². The number of carbonyl (C=O) groups is 1. The van der Waals surface area contributed by atoms with Gasteiger partial charge in [0.2, 0.25) is 5.91 Å². The van der Waals surface area contributed by atoms with Gasteiger partial charge < -0.3 is 10.2 Å². The number of aromatic nitrogens is 4. The highest BCUT2D eigenvalue weighted by Crippen LogP contribution is 2.35. The molecule has 0 radical (unpaired) electrons. The van der Waals surface area contributed by atoms with Gasteiger partial charge in [-0.25, -0.2) is 9.37 Å². The highest BCUT2D eigenvalue weighted by atomic mass is 19.4. The smallest absolute Gasteiger partial charge is 0.353 e. The summed E-state index contributed by atoms with van der Waals surface area (Å²) < 4.78 is 54.8. The minimum absolute atomic E-state index is 0.0357. The summed E-state index contributed by atoms with van der Waals surface area (Å²) in [5.74, 6) is 1.10. The zero-order valence-electron chi connectivity index (χ0n) is 21.6. The zero-order valence-corrected chi connectivity index (χ0v) is 21.6. The van der Waals surface area contributed by atoms with Crippen LogP contribution in [0.15, 0.2) is 12.1 Å². The molecule has 1 aliphatic heterocycles. The lowest BCUT2D eigenvalue weighted by Gasteiger charge is -2.35.